The average Bonchev–Trinajstić information content (AvgIpc) is 2.38. The van der Waals surface area contributed by atoms with Gasteiger partial charge < -0.3 is 5.32 Å². The van der Waals surface area contributed by atoms with Gasteiger partial charge in [-0.2, -0.15) is 9.97 Å². The lowest BCUT2D eigenvalue weighted by Crippen LogP contribution is -2.04. The smallest absolute Gasteiger partial charge is 0.271 e. The SMILES string of the molecule is CCc1nc(C)nc(Nc2cccc([N+](=O)[O-])c2)n1. The molecule has 0 saturated heterocycles. The van der Waals surface area contributed by atoms with Crippen LogP contribution in [0.15, 0.2) is 24.3 Å². The van der Waals surface area contributed by atoms with E-state index in [1.54, 1.807) is 19.1 Å². The number of anilines is 2. The number of aryl methyl sites for hydroxylation is 2. The van der Waals surface area contributed by atoms with Gasteiger partial charge in [-0.3, -0.25) is 10.1 Å². The van der Waals surface area contributed by atoms with Crippen molar-refractivity contribution in [1.82, 2.24) is 15.0 Å². The van der Waals surface area contributed by atoms with Crippen LogP contribution in [0.4, 0.5) is 17.3 Å². The normalized spacial score (nSPS) is 10.2. The highest BCUT2D eigenvalue weighted by atomic mass is 16.6. The summed E-state index contributed by atoms with van der Waals surface area (Å²) >= 11 is 0. The van der Waals surface area contributed by atoms with Crippen molar-refractivity contribution in [2.45, 2.75) is 20.3 Å². The number of benzene rings is 1. The minimum Gasteiger partial charge on any atom is -0.324 e. The number of nitro benzene ring substituents is 1. The fourth-order valence-corrected chi connectivity index (χ4v) is 1.58. The first-order valence-electron chi connectivity index (χ1n) is 5.81. The fraction of sp³-hybridized carbons (Fsp3) is 0.250. The molecule has 2 rings (SSSR count). The lowest BCUT2D eigenvalue weighted by atomic mass is 10.3. The van der Waals surface area contributed by atoms with Gasteiger partial charge in [-0.05, 0) is 13.0 Å². The minimum absolute atomic E-state index is 0.0199. The van der Waals surface area contributed by atoms with E-state index in [-0.39, 0.29) is 5.69 Å². The van der Waals surface area contributed by atoms with E-state index in [1.807, 2.05) is 6.92 Å². The summed E-state index contributed by atoms with van der Waals surface area (Å²) in [5.74, 6) is 1.69. The van der Waals surface area contributed by atoms with Gasteiger partial charge in [0.1, 0.15) is 11.6 Å². The summed E-state index contributed by atoms with van der Waals surface area (Å²) in [4.78, 5) is 22.8. The van der Waals surface area contributed by atoms with Crippen molar-refractivity contribution < 1.29 is 4.92 Å². The molecule has 1 aromatic carbocycles. The fourth-order valence-electron chi connectivity index (χ4n) is 1.58. The molecule has 0 radical (unpaired) electrons. The predicted octanol–water partition coefficient (Wildman–Crippen LogP) is 2.39. The van der Waals surface area contributed by atoms with E-state index < -0.39 is 4.92 Å². The van der Waals surface area contributed by atoms with Crippen LogP contribution in [0.25, 0.3) is 0 Å². The maximum absolute atomic E-state index is 10.7. The second kappa shape index (κ2) is 5.38. The predicted molar refractivity (Wildman–Crippen MR) is 70.3 cm³/mol. The van der Waals surface area contributed by atoms with Crippen molar-refractivity contribution in [3.63, 3.8) is 0 Å². The third kappa shape index (κ3) is 3.21. The molecule has 1 aromatic heterocycles. The highest BCUT2D eigenvalue weighted by Gasteiger charge is 2.07. The number of nitrogens with one attached hydrogen (secondary N) is 1. The number of non-ortho nitro benzene ring substituents is 1. The van der Waals surface area contributed by atoms with E-state index in [4.69, 9.17) is 0 Å². The third-order valence-electron chi connectivity index (χ3n) is 2.42. The van der Waals surface area contributed by atoms with Crippen molar-refractivity contribution in [3.8, 4) is 0 Å². The molecular weight excluding hydrogens is 246 g/mol. The molecule has 0 saturated carbocycles. The Bertz CT molecular complexity index is 615. The number of nitro groups is 1. The standard InChI is InChI=1S/C12H13N5O2/c1-3-11-13-8(2)14-12(16-11)15-9-5-4-6-10(7-9)17(18)19/h4-7H,3H2,1-2H3,(H,13,14,15,16). The molecule has 0 atom stereocenters. The first kappa shape index (κ1) is 12.9. The van der Waals surface area contributed by atoms with Crippen molar-refractivity contribution in [3.05, 3.63) is 46.0 Å². The molecule has 0 unspecified atom stereocenters. The van der Waals surface area contributed by atoms with E-state index in [1.165, 1.54) is 12.1 Å². The summed E-state index contributed by atoms with van der Waals surface area (Å²) < 4.78 is 0. The lowest BCUT2D eigenvalue weighted by molar-refractivity contribution is -0.384. The van der Waals surface area contributed by atoms with Crippen LogP contribution in [-0.4, -0.2) is 19.9 Å². The molecule has 0 amide bonds. The molecule has 98 valence electrons. The maximum atomic E-state index is 10.7. The summed E-state index contributed by atoms with van der Waals surface area (Å²) in [5, 5.41) is 13.6. The van der Waals surface area contributed by atoms with Gasteiger partial charge in [0.05, 0.1) is 4.92 Å². The summed E-state index contributed by atoms with van der Waals surface area (Å²) in [6, 6.07) is 6.19. The Morgan fingerprint density at radius 2 is 2.11 bits per heavy atom. The molecule has 0 spiro atoms. The van der Waals surface area contributed by atoms with Crippen LogP contribution in [0.3, 0.4) is 0 Å². The van der Waals surface area contributed by atoms with Crippen LogP contribution in [-0.2, 0) is 6.42 Å². The molecule has 19 heavy (non-hydrogen) atoms. The van der Waals surface area contributed by atoms with Gasteiger partial charge in [0.2, 0.25) is 5.95 Å². The zero-order chi connectivity index (χ0) is 13.8. The van der Waals surface area contributed by atoms with Gasteiger partial charge in [0.15, 0.2) is 0 Å². The molecule has 0 aliphatic carbocycles. The number of nitrogens with zero attached hydrogens (tertiary/aromatic N) is 4. The molecule has 0 aliphatic rings. The van der Waals surface area contributed by atoms with Gasteiger partial charge in [0.25, 0.3) is 5.69 Å². The van der Waals surface area contributed by atoms with Crippen LogP contribution in [0.1, 0.15) is 18.6 Å². The number of hydrogen-bond acceptors (Lipinski definition) is 6. The van der Waals surface area contributed by atoms with Gasteiger partial charge >= 0.3 is 0 Å². The van der Waals surface area contributed by atoms with Crippen LogP contribution >= 0.6 is 0 Å². The third-order valence-corrected chi connectivity index (χ3v) is 2.42. The van der Waals surface area contributed by atoms with Crippen molar-refractivity contribution in [2.24, 2.45) is 0 Å². The van der Waals surface area contributed by atoms with E-state index >= 15 is 0 Å². The first-order chi connectivity index (χ1) is 9.08. The van der Waals surface area contributed by atoms with Gasteiger partial charge in [-0.25, -0.2) is 4.98 Å². The minimum atomic E-state index is -0.443. The van der Waals surface area contributed by atoms with Crippen molar-refractivity contribution in [1.29, 1.82) is 0 Å². The molecule has 1 N–H and O–H groups in total. The Balaban J connectivity index is 2.28. The molecule has 2 aromatic rings. The quantitative estimate of drug-likeness (QED) is 0.669. The average molecular weight is 259 g/mol. The Morgan fingerprint density at radius 3 is 2.79 bits per heavy atom. The molecule has 1 heterocycles. The number of rotatable bonds is 4. The number of aromatic nitrogens is 3. The molecular formula is C12H13N5O2. The lowest BCUT2D eigenvalue weighted by Gasteiger charge is -2.06. The second-order valence-electron chi connectivity index (χ2n) is 3.91. The van der Waals surface area contributed by atoms with Gasteiger partial charge in [-0.15, -0.1) is 0 Å². The van der Waals surface area contributed by atoms with E-state index in [0.29, 0.717) is 29.7 Å². The highest BCUT2D eigenvalue weighted by molar-refractivity contribution is 5.57. The monoisotopic (exact) mass is 259 g/mol. The Labute approximate surface area is 109 Å². The van der Waals surface area contributed by atoms with Crippen molar-refractivity contribution >= 4 is 17.3 Å². The molecule has 0 bridgehead atoms. The molecule has 7 heteroatoms. The zero-order valence-electron chi connectivity index (χ0n) is 10.6. The van der Waals surface area contributed by atoms with E-state index in [2.05, 4.69) is 20.3 Å². The zero-order valence-corrected chi connectivity index (χ0v) is 10.6. The molecule has 0 fully saturated rings. The van der Waals surface area contributed by atoms with Crippen LogP contribution in [0.5, 0.6) is 0 Å². The highest BCUT2D eigenvalue weighted by Crippen LogP contribution is 2.19. The Hall–Kier alpha value is -2.57. The summed E-state index contributed by atoms with van der Waals surface area (Å²) in [6.45, 7) is 3.73. The summed E-state index contributed by atoms with van der Waals surface area (Å²) in [7, 11) is 0. The first-order valence-corrected chi connectivity index (χ1v) is 5.81. The van der Waals surface area contributed by atoms with Gasteiger partial charge in [0, 0.05) is 24.2 Å². The molecule has 0 aliphatic heterocycles. The van der Waals surface area contributed by atoms with Crippen LogP contribution < -0.4 is 5.32 Å². The maximum Gasteiger partial charge on any atom is 0.271 e. The summed E-state index contributed by atoms with van der Waals surface area (Å²) in [5.41, 5.74) is 0.591. The van der Waals surface area contributed by atoms with E-state index in [9.17, 15) is 10.1 Å². The summed E-state index contributed by atoms with van der Waals surface area (Å²) in [6.07, 6.45) is 0.701. The van der Waals surface area contributed by atoms with Crippen LogP contribution in [0, 0.1) is 17.0 Å². The molecule has 7 nitrogen and oxygen atoms in total. The van der Waals surface area contributed by atoms with Crippen molar-refractivity contribution in [2.75, 3.05) is 5.32 Å². The van der Waals surface area contributed by atoms with Gasteiger partial charge in [-0.1, -0.05) is 13.0 Å². The number of hydrogen-bond donors (Lipinski definition) is 1. The topological polar surface area (TPSA) is 93.8 Å². The van der Waals surface area contributed by atoms with E-state index in [0.717, 1.165) is 0 Å². The van der Waals surface area contributed by atoms with Crippen LogP contribution in [0.2, 0.25) is 0 Å². The Kier molecular flexibility index (Phi) is 3.65. The Morgan fingerprint density at radius 1 is 1.32 bits per heavy atom. The largest absolute Gasteiger partial charge is 0.324 e. The second-order valence-corrected chi connectivity index (χ2v) is 3.91.